The second-order valence-electron chi connectivity index (χ2n) is 7.53. The van der Waals surface area contributed by atoms with Gasteiger partial charge in [0.05, 0.1) is 11.5 Å². The predicted molar refractivity (Wildman–Crippen MR) is 108 cm³/mol. The van der Waals surface area contributed by atoms with Gasteiger partial charge >= 0.3 is 0 Å². The van der Waals surface area contributed by atoms with Crippen molar-refractivity contribution < 1.29 is 0 Å². The largest absolute Gasteiger partial charge is 0.296 e. The van der Waals surface area contributed by atoms with Crippen molar-refractivity contribution in [1.82, 2.24) is 9.55 Å². The molecule has 1 aromatic carbocycles. The van der Waals surface area contributed by atoms with E-state index in [2.05, 4.69) is 56.1 Å². The number of thiophene rings is 1. The van der Waals surface area contributed by atoms with Crippen molar-refractivity contribution in [2.45, 2.75) is 52.5 Å². The molecule has 4 nitrogen and oxygen atoms in total. The Hall–Kier alpha value is -2.45. The number of benzene rings is 1. The second kappa shape index (κ2) is 7.05. The van der Waals surface area contributed by atoms with E-state index < -0.39 is 0 Å². The van der Waals surface area contributed by atoms with Gasteiger partial charge in [-0.25, -0.2) is 4.98 Å². The lowest BCUT2D eigenvalue weighted by atomic mass is 9.86. The molecular formula is C21H23N3OS. The van der Waals surface area contributed by atoms with Crippen LogP contribution in [-0.4, -0.2) is 9.55 Å². The van der Waals surface area contributed by atoms with Crippen molar-refractivity contribution in [3.8, 4) is 17.2 Å². The summed E-state index contributed by atoms with van der Waals surface area (Å²) in [6.45, 7) is 8.95. The van der Waals surface area contributed by atoms with E-state index in [1.165, 1.54) is 16.9 Å². The summed E-state index contributed by atoms with van der Waals surface area (Å²) < 4.78 is 1.69. The molecule has 0 fully saturated rings. The summed E-state index contributed by atoms with van der Waals surface area (Å²) in [5.41, 5.74) is 3.33. The van der Waals surface area contributed by atoms with Crippen molar-refractivity contribution in [3.63, 3.8) is 0 Å². The quantitative estimate of drug-likeness (QED) is 0.609. The first-order valence-electron chi connectivity index (χ1n) is 8.79. The molecule has 0 aliphatic heterocycles. The third-order valence-electron chi connectivity index (χ3n) is 4.62. The molecule has 0 saturated carbocycles. The molecule has 5 heteroatoms. The van der Waals surface area contributed by atoms with Gasteiger partial charge in [-0.1, -0.05) is 45.0 Å². The van der Waals surface area contributed by atoms with Crippen LogP contribution in [0.5, 0.6) is 0 Å². The predicted octanol–water partition coefficient (Wildman–Crippen LogP) is 5.03. The van der Waals surface area contributed by atoms with E-state index in [0.29, 0.717) is 30.6 Å². The zero-order chi connectivity index (χ0) is 18.9. The minimum atomic E-state index is -0.0124. The maximum Gasteiger partial charge on any atom is 0.262 e. The van der Waals surface area contributed by atoms with Crippen molar-refractivity contribution in [1.29, 1.82) is 5.26 Å². The number of hydrogen-bond donors (Lipinski definition) is 0. The van der Waals surface area contributed by atoms with Crippen LogP contribution in [0.25, 0.3) is 21.3 Å². The van der Waals surface area contributed by atoms with Crippen LogP contribution in [0.3, 0.4) is 0 Å². The molecule has 2 aromatic heterocycles. The molecular weight excluding hydrogens is 342 g/mol. The highest BCUT2D eigenvalue weighted by Gasteiger charge is 2.17. The fourth-order valence-electron chi connectivity index (χ4n) is 3.07. The molecule has 0 spiro atoms. The average molecular weight is 366 g/mol. The number of aromatic nitrogens is 2. The van der Waals surface area contributed by atoms with Crippen molar-refractivity contribution >= 4 is 21.6 Å². The average Bonchev–Trinajstić information content (AvgIpc) is 3.01. The van der Waals surface area contributed by atoms with Gasteiger partial charge in [0, 0.05) is 23.9 Å². The molecule has 134 valence electrons. The molecule has 0 amide bonds. The van der Waals surface area contributed by atoms with Crippen LogP contribution in [0, 0.1) is 18.3 Å². The molecule has 0 saturated heterocycles. The molecule has 2 heterocycles. The van der Waals surface area contributed by atoms with Crippen LogP contribution in [0.4, 0.5) is 0 Å². The van der Waals surface area contributed by atoms with E-state index in [9.17, 15) is 4.79 Å². The number of nitrogens with zero attached hydrogens (tertiary/aromatic N) is 3. The van der Waals surface area contributed by atoms with Gasteiger partial charge in [0.15, 0.2) is 0 Å². The van der Waals surface area contributed by atoms with Gasteiger partial charge in [0.1, 0.15) is 10.7 Å². The fraction of sp³-hybridized carbons (Fsp3) is 0.381. The number of unbranched alkanes of at least 4 members (excludes halogenated alkanes) is 1. The third-order valence-corrected chi connectivity index (χ3v) is 5.49. The van der Waals surface area contributed by atoms with Gasteiger partial charge in [-0.05, 0) is 29.9 Å². The van der Waals surface area contributed by atoms with E-state index in [1.807, 2.05) is 12.3 Å². The summed E-state index contributed by atoms with van der Waals surface area (Å²) >= 11 is 1.51. The minimum Gasteiger partial charge on any atom is -0.296 e. The highest BCUT2D eigenvalue weighted by atomic mass is 32.1. The topological polar surface area (TPSA) is 58.7 Å². The van der Waals surface area contributed by atoms with E-state index in [-0.39, 0.29) is 11.0 Å². The maximum absolute atomic E-state index is 13.1. The maximum atomic E-state index is 13.1. The Morgan fingerprint density at radius 3 is 2.54 bits per heavy atom. The normalized spacial score (nSPS) is 11.7. The van der Waals surface area contributed by atoms with Crippen molar-refractivity contribution in [3.05, 3.63) is 51.4 Å². The summed E-state index contributed by atoms with van der Waals surface area (Å²) in [4.78, 5) is 18.5. The molecule has 0 N–H and O–H groups in total. The molecule has 0 atom stereocenters. The number of hydrogen-bond acceptors (Lipinski definition) is 4. The lowest BCUT2D eigenvalue weighted by Gasteiger charge is -2.19. The molecule has 0 radical (unpaired) electrons. The first-order valence-corrected chi connectivity index (χ1v) is 9.67. The molecule has 26 heavy (non-hydrogen) atoms. The number of fused-ring (bicyclic) bond motifs is 1. The molecule has 0 unspecified atom stereocenters. The highest BCUT2D eigenvalue weighted by molar-refractivity contribution is 7.17. The van der Waals surface area contributed by atoms with Gasteiger partial charge in [0.25, 0.3) is 5.56 Å². The van der Waals surface area contributed by atoms with Crippen molar-refractivity contribution in [2.24, 2.45) is 0 Å². The van der Waals surface area contributed by atoms with Crippen LogP contribution in [-0.2, 0) is 12.0 Å². The highest BCUT2D eigenvalue weighted by Crippen LogP contribution is 2.32. The van der Waals surface area contributed by atoms with E-state index in [1.54, 1.807) is 4.57 Å². The molecule has 0 aliphatic rings. The number of aryl methyl sites for hydroxylation is 1. The lowest BCUT2D eigenvalue weighted by molar-refractivity contribution is 0.590. The SMILES string of the molecule is Cc1nc2scc(-c3ccc(C(C)(C)C)cc3)c2c(=O)n1CCCC#N. The fourth-order valence-corrected chi connectivity index (χ4v) is 4.05. The monoisotopic (exact) mass is 365 g/mol. The molecule has 0 bridgehead atoms. The Kier molecular flexibility index (Phi) is 4.97. The zero-order valence-electron chi connectivity index (χ0n) is 15.7. The van der Waals surface area contributed by atoms with Crippen LogP contribution in [0.15, 0.2) is 34.4 Å². The lowest BCUT2D eigenvalue weighted by Crippen LogP contribution is -2.23. The summed E-state index contributed by atoms with van der Waals surface area (Å²) in [6, 6.07) is 10.6. The van der Waals surface area contributed by atoms with Gasteiger partial charge in [0.2, 0.25) is 0 Å². The second-order valence-corrected chi connectivity index (χ2v) is 8.39. The Morgan fingerprint density at radius 1 is 1.23 bits per heavy atom. The standard InChI is InChI=1S/C21H23N3OS/c1-14-23-19-18(20(25)24(14)12-6-5-11-22)17(13-26-19)15-7-9-16(10-8-15)21(2,3)4/h7-10,13H,5-6,12H2,1-4H3. The first-order chi connectivity index (χ1) is 12.3. The van der Waals surface area contributed by atoms with Crippen LogP contribution in [0.2, 0.25) is 0 Å². The zero-order valence-corrected chi connectivity index (χ0v) is 16.5. The molecule has 3 aromatic rings. The Morgan fingerprint density at radius 2 is 1.92 bits per heavy atom. The van der Waals surface area contributed by atoms with Gasteiger partial charge < -0.3 is 0 Å². The Balaban J connectivity index is 2.09. The molecule has 3 rings (SSSR count). The van der Waals surface area contributed by atoms with E-state index in [0.717, 1.165) is 16.0 Å². The van der Waals surface area contributed by atoms with E-state index >= 15 is 0 Å². The van der Waals surface area contributed by atoms with Crippen LogP contribution >= 0.6 is 11.3 Å². The number of nitriles is 1. The summed E-state index contributed by atoms with van der Waals surface area (Å²) in [5, 5.41) is 11.4. The Labute approximate surface area is 157 Å². The summed E-state index contributed by atoms with van der Waals surface area (Å²) in [7, 11) is 0. The van der Waals surface area contributed by atoms with Gasteiger partial charge in [-0.3, -0.25) is 9.36 Å². The van der Waals surface area contributed by atoms with Crippen LogP contribution in [0.1, 0.15) is 45.0 Å². The van der Waals surface area contributed by atoms with E-state index in [4.69, 9.17) is 5.26 Å². The van der Waals surface area contributed by atoms with Crippen LogP contribution < -0.4 is 5.56 Å². The number of rotatable bonds is 4. The smallest absolute Gasteiger partial charge is 0.262 e. The summed E-state index contributed by atoms with van der Waals surface area (Å²) in [5.74, 6) is 0.705. The Bertz CT molecular complexity index is 1030. The minimum absolute atomic E-state index is 0.0124. The third kappa shape index (κ3) is 3.42. The van der Waals surface area contributed by atoms with Gasteiger partial charge in [-0.15, -0.1) is 11.3 Å². The first kappa shape index (κ1) is 18.3. The molecule has 0 aliphatic carbocycles. The summed E-state index contributed by atoms with van der Waals surface area (Å²) in [6.07, 6.45) is 1.10. The van der Waals surface area contributed by atoms with Gasteiger partial charge in [-0.2, -0.15) is 5.26 Å². The van der Waals surface area contributed by atoms with Crippen molar-refractivity contribution in [2.75, 3.05) is 0 Å².